The number of carbonyl (C=O) groups excluding carboxylic acids is 2. The summed E-state index contributed by atoms with van der Waals surface area (Å²) < 4.78 is 29.8. The second kappa shape index (κ2) is 7.44. The molecule has 0 aromatic carbocycles. The number of hydrogen-bond acceptors (Lipinski definition) is 9. The molecule has 2 aromatic rings. The van der Waals surface area contributed by atoms with Crippen LogP contribution in [-0.2, 0) is 4.79 Å². The van der Waals surface area contributed by atoms with Crippen molar-refractivity contribution in [2.24, 2.45) is 11.5 Å². The van der Waals surface area contributed by atoms with Gasteiger partial charge in [-0.25, -0.2) is 9.97 Å². The molecule has 0 aliphatic carbocycles. The number of aromatic nitrogens is 3. The van der Waals surface area contributed by atoms with Gasteiger partial charge in [0, 0.05) is 0 Å². The number of aryl methyl sites for hydroxylation is 1. The molecule has 1 unspecified atom stereocenters. The van der Waals surface area contributed by atoms with Crippen molar-refractivity contribution in [2.75, 3.05) is 10.6 Å². The molecule has 2 heterocycles. The summed E-state index contributed by atoms with van der Waals surface area (Å²) in [5, 5.41) is 5.89. The lowest BCUT2D eigenvalue weighted by Gasteiger charge is -2.18. The first-order chi connectivity index (χ1) is 11.7. The Kier molecular flexibility index (Phi) is 5.54. The van der Waals surface area contributed by atoms with Gasteiger partial charge in [0.15, 0.2) is 11.5 Å². The average molecular weight is 371 g/mol. The number of primary amides is 1. The summed E-state index contributed by atoms with van der Waals surface area (Å²) in [7, 11) is 0. The summed E-state index contributed by atoms with van der Waals surface area (Å²) in [5.41, 5.74) is 10.5. The van der Waals surface area contributed by atoms with Crippen molar-refractivity contribution in [3.63, 3.8) is 0 Å². The lowest BCUT2D eigenvalue weighted by atomic mass is 10.2. The monoisotopic (exact) mass is 371 g/mol. The van der Waals surface area contributed by atoms with Gasteiger partial charge >= 0.3 is 6.05 Å². The molecular weight excluding hydrogens is 356 g/mol. The van der Waals surface area contributed by atoms with E-state index in [-0.39, 0.29) is 23.6 Å². The van der Waals surface area contributed by atoms with Gasteiger partial charge in [-0.2, -0.15) is 13.2 Å². The van der Waals surface area contributed by atoms with Crippen LogP contribution in [0.25, 0.3) is 0 Å². The molecule has 0 bridgehead atoms. The Labute approximate surface area is 145 Å². The predicted octanol–water partition coefficient (Wildman–Crippen LogP) is 1.01. The van der Waals surface area contributed by atoms with Crippen LogP contribution in [0.1, 0.15) is 22.6 Å². The predicted molar refractivity (Wildman–Crippen MR) is 87.9 cm³/mol. The first-order valence-electron chi connectivity index (χ1n) is 6.93. The molecule has 2 aromatic heterocycles. The molecule has 134 valence electrons. The molecule has 1 atom stereocenters. The van der Waals surface area contributed by atoms with E-state index < -0.39 is 24.4 Å². The maximum atomic E-state index is 12.9. The number of aldehydes is 1. The van der Waals surface area contributed by atoms with Gasteiger partial charge in [0.1, 0.15) is 17.1 Å². The Morgan fingerprint density at radius 1 is 1.52 bits per heavy atom. The van der Waals surface area contributed by atoms with E-state index >= 15 is 0 Å². The molecule has 9 nitrogen and oxygen atoms in total. The van der Waals surface area contributed by atoms with E-state index in [4.69, 9.17) is 5.73 Å². The van der Waals surface area contributed by atoms with Gasteiger partial charge in [-0.05, 0) is 24.5 Å². The first-order valence-corrected chi connectivity index (χ1v) is 7.71. The van der Waals surface area contributed by atoms with E-state index in [0.29, 0.717) is 5.00 Å². The van der Waals surface area contributed by atoms with E-state index in [1.165, 1.54) is 0 Å². The van der Waals surface area contributed by atoms with Crippen LogP contribution in [0.4, 0.5) is 25.4 Å². The van der Waals surface area contributed by atoms with Gasteiger partial charge in [0.25, 0.3) is 5.91 Å². The highest BCUT2D eigenvalue weighted by molar-refractivity contribution is 7.10. The summed E-state index contributed by atoms with van der Waals surface area (Å²) in [5.74, 6) is -0.830. The van der Waals surface area contributed by atoms with E-state index in [1.54, 1.807) is 13.0 Å². The Bertz CT molecular complexity index is 778. The second-order valence-electron chi connectivity index (χ2n) is 5.13. The minimum absolute atomic E-state index is 0.00455. The topological polar surface area (TPSA) is 149 Å². The molecule has 6 N–H and O–H groups in total. The normalized spacial score (nSPS) is 12.5. The molecular formula is C13H15F2N7O2S. The Balaban J connectivity index is 2.26. The van der Waals surface area contributed by atoms with Crippen molar-refractivity contribution in [3.05, 3.63) is 23.7 Å². The zero-order chi connectivity index (χ0) is 18.6. The smallest absolute Gasteiger partial charge is 0.302 e. The summed E-state index contributed by atoms with van der Waals surface area (Å²) in [6.07, 6.45) is 0.463. The number of alkyl halides is 2. The summed E-state index contributed by atoms with van der Waals surface area (Å²) in [4.78, 5) is 30.3. The van der Waals surface area contributed by atoms with Crippen LogP contribution in [0.2, 0.25) is 0 Å². The number of nitrogens with two attached hydrogens (primary N) is 2. The number of amides is 1. The number of rotatable bonds is 8. The highest BCUT2D eigenvalue weighted by Gasteiger charge is 2.28. The highest BCUT2D eigenvalue weighted by Crippen LogP contribution is 2.23. The van der Waals surface area contributed by atoms with Crippen LogP contribution in [-0.4, -0.2) is 38.6 Å². The number of hydrogen-bond donors (Lipinski definition) is 4. The molecule has 12 heteroatoms. The minimum Gasteiger partial charge on any atom is -0.364 e. The van der Waals surface area contributed by atoms with Gasteiger partial charge in [-0.1, -0.05) is 0 Å². The fourth-order valence-electron chi connectivity index (χ4n) is 1.88. The lowest BCUT2D eigenvalue weighted by molar-refractivity contribution is -0.110. The van der Waals surface area contributed by atoms with Crippen LogP contribution in [0.3, 0.4) is 0 Å². The standard InChI is InChI=1S/C13H15F2N7O2S/c1-6-2-9(25-22-6)21-12-10(11(16)24)18-4-8(20-12)19-7(5-23)3-13(14,15)17/h2,4-5,7H,3,17H2,1H3,(H2,16,24)(H2,19,20,21). The Morgan fingerprint density at radius 3 is 2.76 bits per heavy atom. The van der Waals surface area contributed by atoms with E-state index in [2.05, 4.69) is 30.7 Å². The highest BCUT2D eigenvalue weighted by atomic mass is 32.1. The molecule has 0 saturated heterocycles. The molecule has 0 fully saturated rings. The third-order valence-corrected chi connectivity index (χ3v) is 3.66. The number of anilines is 3. The summed E-state index contributed by atoms with van der Waals surface area (Å²) in [6.45, 7) is 1.78. The maximum absolute atomic E-state index is 12.9. The van der Waals surface area contributed by atoms with Crippen LogP contribution in [0, 0.1) is 6.92 Å². The van der Waals surface area contributed by atoms with Crippen LogP contribution < -0.4 is 22.1 Å². The minimum atomic E-state index is -3.53. The molecule has 2 rings (SSSR count). The van der Waals surface area contributed by atoms with Gasteiger partial charge in [-0.3, -0.25) is 10.5 Å². The van der Waals surface area contributed by atoms with E-state index in [0.717, 1.165) is 23.4 Å². The second-order valence-corrected chi connectivity index (χ2v) is 5.93. The van der Waals surface area contributed by atoms with Gasteiger partial charge in [0.2, 0.25) is 0 Å². The van der Waals surface area contributed by atoms with Crippen LogP contribution in [0.5, 0.6) is 0 Å². The fraction of sp³-hybridized carbons (Fsp3) is 0.308. The molecule has 25 heavy (non-hydrogen) atoms. The fourth-order valence-corrected chi connectivity index (χ4v) is 2.54. The molecule has 0 spiro atoms. The van der Waals surface area contributed by atoms with Crippen molar-refractivity contribution in [1.29, 1.82) is 0 Å². The quantitative estimate of drug-likeness (QED) is 0.397. The lowest BCUT2D eigenvalue weighted by Crippen LogP contribution is -2.37. The van der Waals surface area contributed by atoms with Crippen molar-refractivity contribution < 1.29 is 18.4 Å². The molecule has 0 aliphatic rings. The van der Waals surface area contributed by atoms with Crippen molar-refractivity contribution >= 4 is 40.4 Å². The molecule has 0 radical (unpaired) electrons. The molecule has 1 amide bonds. The number of carbonyl (C=O) groups is 2. The van der Waals surface area contributed by atoms with E-state index in [9.17, 15) is 18.4 Å². The van der Waals surface area contributed by atoms with Gasteiger partial charge in [0.05, 0.1) is 24.4 Å². The Morgan fingerprint density at radius 2 is 2.24 bits per heavy atom. The van der Waals surface area contributed by atoms with Crippen molar-refractivity contribution in [1.82, 2.24) is 14.3 Å². The summed E-state index contributed by atoms with van der Waals surface area (Å²) >= 11 is 1.12. The number of nitrogens with zero attached hydrogens (tertiary/aromatic N) is 3. The third kappa shape index (κ3) is 5.39. The number of nitrogens with one attached hydrogen (secondary N) is 2. The molecule has 0 aliphatic heterocycles. The van der Waals surface area contributed by atoms with Crippen LogP contribution in [0.15, 0.2) is 12.3 Å². The number of halogens is 2. The largest absolute Gasteiger partial charge is 0.364 e. The van der Waals surface area contributed by atoms with E-state index in [1.807, 2.05) is 0 Å². The maximum Gasteiger partial charge on any atom is 0.302 e. The van der Waals surface area contributed by atoms with Crippen molar-refractivity contribution in [2.45, 2.75) is 25.4 Å². The van der Waals surface area contributed by atoms with Crippen molar-refractivity contribution in [3.8, 4) is 0 Å². The zero-order valence-corrected chi connectivity index (χ0v) is 13.8. The summed E-state index contributed by atoms with van der Waals surface area (Å²) in [6, 6.07) is -3.10. The van der Waals surface area contributed by atoms with Gasteiger partial charge < -0.3 is 21.2 Å². The first kappa shape index (κ1) is 18.6. The van der Waals surface area contributed by atoms with Crippen LogP contribution >= 0.6 is 11.5 Å². The van der Waals surface area contributed by atoms with Gasteiger partial charge in [-0.15, -0.1) is 0 Å². The SMILES string of the molecule is Cc1cc(Nc2nc(NC(C=O)CC(N)(F)F)cnc2C(N)=O)sn1. The average Bonchev–Trinajstić information content (AvgIpc) is 2.90. The Hall–Kier alpha value is -2.73. The molecule has 0 saturated carbocycles. The zero-order valence-electron chi connectivity index (χ0n) is 13.0. The third-order valence-electron chi connectivity index (χ3n) is 2.87.